The summed E-state index contributed by atoms with van der Waals surface area (Å²) in [6.45, 7) is 16.7. The van der Waals surface area contributed by atoms with E-state index in [9.17, 15) is 9.90 Å². The van der Waals surface area contributed by atoms with Crippen molar-refractivity contribution in [1.29, 1.82) is 0 Å². The maximum absolute atomic E-state index is 12.9. The fraction of sp³-hybridized carbons (Fsp3) is 0.404. The van der Waals surface area contributed by atoms with Crippen LogP contribution in [-0.2, 0) is 38.9 Å². The lowest BCUT2D eigenvalue weighted by Crippen LogP contribution is -2.16. The number of Topliss-reactive ketones (excluding diaryl/α,β-unsaturated/α-hetero) is 1. The molecule has 1 aromatic heterocycles. The molecule has 0 aliphatic heterocycles. The van der Waals surface area contributed by atoms with Crippen LogP contribution in [0.15, 0.2) is 101 Å². The highest BCUT2D eigenvalue weighted by atomic mass is 16.5. The number of aliphatic imine (C=N–C) groups is 2. The standard InChI is InChI=1S/C55H67N3O7.C2H6/c1-10-18-39(25-42-21-16-14-19-40(42)12-3)33-56-51-32-55(53(63-9)30-49(51)38(6)60)65-36-47-29-48(61-7)28-46(58-47)35-64-54-31-50(44(23-24-59)27-52(54)62-8)57-34-45(37(5)11-2)26-43-22-17-15-20-41(43)13-4;1-2/h14-17,19-24,27-34,37,39,45,59H,10-13,18,25-26,35-36H2,1-9H3;1-2H3/b24-23-,56-33?,57-34?;. The van der Waals surface area contributed by atoms with Gasteiger partial charge in [-0.2, -0.15) is 0 Å². The molecule has 10 nitrogen and oxygen atoms in total. The molecule has 0 amide bonds. The number of rotatable bonds is 25. The van der Waals surface area contributed by atoms with Crippen molar-refractivity contribution in [3.8, 4) is 28.7 Å². The molecule has 0 spiro atoms. The Bertz CT molecular complexity index is 2420. The van der Waals surface area contributed by atoms with Gasteiger partial charge in [0.05, 0.1) is 50.4 Å². The smallest absolute Gasteiger partial charge is 0.163 e. The first-order valence-electron chi connectivity index (χ1n) is 23.8. The van der Waals surface area contributed by atoms with Gasteiger partial charge in [0.25, 0.3) is 0 Å². The third-order valence-corrected chi connectivity index (χ3v) is 11.9. The van der Waals surface area contributed by atoms with Gasteiger partial charge in [-0.3, -0.25) is 19.8 Å². The average molecular weight is 912 g/mol. The molecule has 4 aromatic carbocycles. The second-order valence-electron chi connectivity index (χ2n) is 16.3. The number of pyridine rings is 1. The topological polar surface area (TPSA) is 121 Å². The lowest BCUT2D eigenvalue weighted by atomic mass is 9.85. The van der Waals surface area contributed by atoms with E-state index in [2.05, 4.69) is 83.1 Å². The minimum Gasteiger partial charge on any atom is -0.516 e. The molecule has 3 atom stereocenters. The molecule has 67 heavy (non-hydrogen) atoms. The van der Waals surface area contributed by atoms with Crippen molar-refractivity contribution in [1.82, 2.24) is 4.98 Å². The van der Waals surface area contributed by atoms with Crippen molar-refractivity contribution in [2.45, 2.75) is 114 Å². The van der Waals surface area contributed by atoms with Crippen LogP contribution in [0.1, 0.15) is 124 Å². The second-order valence-corrected chi connectivity index (χ2v) is 16.3. The normalized spacial score (nSPS) is 12.7. The first-order valence-corrected chi connectivity index (χ1v) is 23.8. The highest BCUT2D eigenvalue weighted by Crippen LogP contribution is 2.38. The molecule has 10 heteroatoms. The number of hydrogen-bond acceptors (Lipinski definition) is 10. The van der Waals surface area contributed by atoms with Gasteiger partial charge < -0.3 is 28.8 Å². The number of methoxy groups -OCH3 is 3. The zero-order valence-corrected chi connectivity index (χ0v) is 41.7. The van der Waals surface area contributed by atoms with Gasteiger partial charge in [-0.05, 0) is 91.3 Å². The van der Waals surface area contributed by atoms with Crippen molar-refractivity contribution in [2.75, 3.05) is 21.3 Å². The Kier molecular flexibility index (Phi) is 22.2. The molecular weight excluding hydrogens is 839 g/mol. The van der Waals surface area contributed by atoms with E-state index < -0.39 is 0 Å². The number of aromatic nitrogens is 1. The number of carbonyl (C=O) groups is 1. The zero-order chi connectivity index (χ0) is 48.7. The van der Waals surface area contributed by atoms with Crippen LogP contribution in [0.4, 0.5) is 11.4 Å². The number of carbonyl (C=O) groups excluding carboxylic acids is 1. The monoisotopic (exact) mass is 912 g/mol. The third kappa shape index (κ3) is 15.3. The number of benzene rings is 4. The van der Waals surface area contributed by atoms with Crippen LogP contribution in [0.3, 0.4) is 0 Å². The fourth-order valence-electron chi connectivity index (χ4n) is 7.97. The molecule has 1 heterocycles. The summed E-state index contributed by atoms with van der Waals surface area (Å²) in [6, 6.07) is 27.8. The summed E-state index contributed by atoms with van der Waals surface area (Å²) in [4.78, 5) is 27.7. The van der Waals surface area contributed by atoms with Crippen LogP contribution >= 0.6 is 0 Å². The molecule has 0 aliphatic carbocycles. The van der Waals surface area contributed by atoms with E-state index in [0.29, 0.717) is 68.6 Å². The summed E-state index contributed by atoms with van der Waals surface area (Å²) in [7, 11) is 4.72. The maximum atomic E-state index is 12.9. The Labute approximate surface area is 400 Å². The molecular formula is C57H73N3O7. The third-order valence-electron chi connectivity index (χ3n) is 11.9. The van der Waals surface area contributed by atoms with Gasteiger partial charge in [-0.25, -0.2) is 0 Å². The minimum absolute atomic E-state index is 0.0693. The molecule has 0 saturated heterocycles. The van der Waals surface area contributed by atoms with E-state index in [4.69, 9.17) is 38.7 Å². The van der Waals surface area contributed by atoms with Gasteiger partial charge in [0, 0.05) is 53.7 Å². The summed E-state index contributed by atoms with van der Waals surface area (Å²) >= 11 is 0. The number of aliphatic hydroxyl groups excluding tert-OH is 1. The number of aryl methyl sites for hydroxylation is 2. The summed E-state index contributed by atoms with van der Waals surface area (Å²) < 4.78 is 29.9. The Morgan fingerprint density at radius 3 is 1.73 bits per heavy atom. The number of nitrogens with zero attached hydrogens (tertiary/aromatic N) is 3. The highest BCUT2D eigenvalue weighted by Gasteiger charge is 2.19. The van der Waals surface area contributed by atoms with Gasteiger partial charge >= 0.3 is 0 Å². The lowest BCUT2D eigenvalue weighted by Gasteiger charge is -2.21. The minimum atomic E-state index is -0.122. The average Bonchev–Trinajstić information content (AvgIpc) is 3.36. The van der Waals surface area contributed by atoms with Crippen molar-refractivity contribution >= 4 is 35.7 Å². The molecule has 0 aliphatic rings. The van der Waals surface area contributed by atoms with Crippen molar-refractivity contribution < 1.29 is 33.6 Å². The molecule has 1 N–H and O–H groups in total. The Hall–Kier alpha value is -6.42. The molecule has 0 fully saturated rings. The molecule has 358 valence electrons. The van der Waals surface area contributed by atoms with Gasteiger partial charge in [0.15, 0.2) is 28.8 Å². The molecule has 5 aromatic rings. The van der Waals surface area contributed by atoms with E-state index in [-0.39, 0.29) is 30.8 Å². The Balaban J connectivity index is 0.00000483. The number of hydrogen-bond donors (Lipinski definition) is 1. The van der Waals surface area contributed by atoms with Crippen molar-refractivity contribution in [3.05, 3.63) is 136 Å². The highest BCUT2D eigenvalue weighted by molar-refractivity contribution is 6.00. The van der Waals surface area contributed by atoms with Crippen LogP contribution in [0, 0.1) is 17.8 Å². The number of ketones is 1. The number of aliphatic hydroxyl groups is 1. The van der Waals surface area contributed by atoms with Crippen molar-refractivity contribution in [3.63, 3.8) is 0 Å². The van der Waals surface area contributed by atoms with Gasteiger partial charge in [0.2, 0.25) is 0 Å². The lowest BCUT2D eigenvalue weighted by molar-refractivity contribution is 0.101. The van der Waals surface area contributed by atoms with Crippen LogP contribution in [0.2, 0.25) is 0 Å². The SMILES string of the molecule is CC.CCCC(C=Nc1cc(OCc2cc(OC)cc(COc3cc(N=CC(Cc4ccccc4CC)C(C)CC)c(/C=C\O)cc3OC)n2)c(OC)cc1C(C)=O)Cc1ccccc1CC. The summed E-state index contributed by atoms with van der Waals surface area (Å²) in [6.07, 6.45) is 13.3. The van der Waals surface area contributed by atoms with Gasteiger partial charge in [-0.1, -0.05) is 110 Å². The van der Waals surface area contributed by atoms with E-state index in [0.717, 1.165) is 51.2 Å². The molecule has 5 rings (SSSR count). The molecule has 3 unspecified atom stereocenters. The van der Waals surface area contributed by atoms with Crippen LogP contribution < -0.4 is 23.7 Å². The van der Waals surface area contributed by atoms with Crippen molar-refractivity contribution in [2.24, 2.45) is 27.7 Å². The Morgan fingerprint density at radius 1 is 0.687 bits per heavy atom. The summed E-state index contributed by atoms with van der Waals surface area (Å²) in [5, 5.41) is 9.81. The molecule has 0 bridgehead atoms. The summed E-state index contributed by atoms with van der Waals surface area (Å²) in [5.74, 6) is 3.01. The first kappa shape index (κ1) is 53.2. The molecule has 0 radical (unpaired) electrons. The first-order chi connectivity index (χ1) is 32.6. The summed E-state index contributed by atoms with van der Waals surface area (Å²) in [5.41, 5.74) is 8.79. The number of ether oxygens (including phenoxy) is 5. The predicted molar refractivity (Wildman–Crippen MR) is 275 cm³/mol. The largest absolute Gasteiger partial charge is 0.516 e. The zero-order valence-electron chi connectivity index (χ0n) is 41.7. The van der Waals surface area contributed by atoms with E-state index >= 15 is 0 Å². The van der Waals surface area contributed by atoms with Crippen LogP contribution in [0.5, 0.6) is 28.7 Å². The Morgan fingerprint density at radius 2 is 1.22 bits per heavy atom. The van der Waals surface area contributed by atoms with Crippen LogP contribution in [-0.4, -0.2) is 49.6 Å². The van der Waals surface area contributed by atoms with Gasteiger partial charge in [-0.15, -0.1) is 0 Å². The van der Waals surface area contributed by atoms with E-state index in [1.807, 2.05) is 38.4 Å². The fourth-order valence-corrected chi connectivity index (χ4v) is 7.97. The van der Waals surface area contributed by atoms with E-state index in [1.165, 1.54) is 29.2 Å². The second kappa shape index (κ2) is 27.9. The molecule has 0 saturated carbocycles. The quantitative estimate of drug-likeness (QED) is 0.0349. The van der Waals surface area contributed by atoms with Crippen LogP contribution in [0.25, 0.3) is 6.08 Å². The predicted octanol–water partition coefficient (Wildman–Crippen LogP) is 14.1. The van der Waals surface area contributed by atoms with E-state index in [1.54, 1.807) is 51.7 Å². The van der Waals surface area contributed by atoms with Gasteiger partial charge in [0.1, 0.15) is 19.0 Å². The maximum Gasteiger partial charge on any atom is 0.163 e.